The van der Waals surface area contributed by atoms with E-state index in [4.69, 9.17) is 5.11 Å². The summed E-state index contributed by atoms with van der Waals surface area (Å²) in [4.78, 5) is 13.0. The van der Waals surface area contributed by atoms with Crippen molar-refractivity contribution in [2.45, 2.75) is 18.4 Å². The molecular weight excluding hydrogens is 254 g/mol. The maximum atomic E-state index is 10.8. The van der Waals surface area contributed by atoms with Gasteiger partial charge in [0.15, 0.2) is 0 Å². The zero-order valence-electron chi connectivity index (χ0n) is 11.2. The minimum Gasteiger partial charge on any atom is -0.478 e. The molecule has 0 saturated carbocycles. The zero-order chi connectivity index (χ0) is 14.2. The van der Waals surface area contributed by atoms with Crippen LogP contribution < -0.4 is 0 Å². The molecule has 3 heterocycles. The number of aromatic carboxylic acids is 1. The third kappa shape index (κ3) is 2.43. The standard InChI is InChI=1S/C16H17NO3/c18-15(19)13-3-1-12(2-4-13)5-8-16(20)11-17-9-6-14(16)7-10-17/h1-4,14,20H,6-7,9-11H2,(H,18,19). The van der Waals surface area contributed by atoms with Gasteiger partial charge in [0, 0.05) is 18.0 Å². The van der Waals surface area contributed by atoms with Gasteiger partial charge in [0.2, 0.25) is 0 Å². The number of hydrogen-bond acceptors (Lipinski definition) is 3. The molecule has 0 aromatic heterocycles. The van der Waals surface area contributed by atoms with Gasteiger partial charge in [0.1, 0.15) is 5.60 Å². The van der Waals surface area contributed by atoms with Crippen LogP contribution in [0.15, 0.2) is 24.3 Å². The van der Waals surface area contributed by atoms with Crippen molar-refractivity contribution < 1.29 is 15.0 Å². The first-order valence-electron chi connectivity index (χ1n) is 6.88. The van der Waals surface area contributed by atoms with Crippen LogP contribution in [-0.4, -0.2) is 46.3 Å². The van der Waals surface area contributed by atoms with Crippen molar-refractivity contribution >= 4 is 5.97 Å². The second-order valence-electron chi connectivity index (χ2n) is 5.61. The molecule has 1 aromatic carbocycles. The van der Waals surface area contributed by atoms with E-state index >= 15 is 0 Å². The van der Waals surface area contributed by atoms with Crippen LogP contribution in [-0.2, 0) is 0 Å². The monoisotopic (exact) mass is 271 g/mol. The first-order chi connectivity index (χ1) is 9.57. The number of rotatable bonds is 1. The summed E-state index contributed by atoms with van der Waals surface area (Å²) >= 11 is 0. The lowest BCUT2D eigenvalue weighted by molar-refractivity contribution is -0.0713. The fraction of sp³-hybridized carbons (Fsp3) is 0.438. The van der Waals surface area contributed by atoms with Gasteiger partial charge in [-0.25, -0.2) is 4.79 Å². The topological polar surface area (TPSA) is 60.8 Å². The lowest BCUT2D eigenvalue weighted by Crippen LogP contribution is -2.58. The maximum Gasteiger partial charge on any atom is 0.335 e. The van der Waals surface area contributed by atoms with Crippen molar-refractivity contribution in [3.8, 4) is 11.8 Å². The van der Waals surface area contributed by atoms with Crippen molar-refractivity contribution in [3.05, 3.63) is 35.4 Å². The summed E-state index contributed by atoms with van der Waals surface area (Å²) < 4.78 is 0. The Labute approximate surface area is 118 Å². The molecule has 4 heteroatoms. The quantitative estimate of drug-likeness (QED) is 0.753. The molecule has 2 bridgehead atoms. The Kier molecular flexibility index (Phi) is 3.25. The van der Waals surface area contributed by atoms with Crippen molar-refractivity contribution in [2.75, 3.05) is 19.6 Å². The molecule has 1 aromatic rings. The molecule has 4 nitrogen and oxygen atoms in total. The number of carboxylic acid groups (broad SMARTS) is 1. The fourth-order valence-electron chi connectivity index (χ4n) is 3.06. The van der Waals surface area contributed by atoms with Crippen LogP contribution in [0.1, 0.15) is 28.8 Å². The van der Waals surface area contributed by atoms with E-state index in [1.165, 1.54) is 12.1 Å². The number of piperidine rings is 3. The molecule has 2 N–H and O–H groups in total. The summed E-state index contributed by atoms with van der Waals surface area (Å²) in [5.41, 5.74) is 0.0686. The Balaban J connectivity index is 1.79. The highest BCUT2D eigenvalue weighted by molar-refractivity contribution is 5.87. The second kappa shape index (κ2) is 4.93. The van der Waals surface area contributed by atoms with E-state index in [9.17, 15) is 9.90 Å². The Bertz CT molecular complexity index is 576. The molecule has 0 spiro atoms. The minimum absolute atomic E-state index is 0.247. The van der Waals surface area contributed by atoms with Gasteiger partial charge in [-0.3, -0.25) is 4.90 Å². The summed E-state index contributed by atoms with van der Waals surface area (Å²) in [5, 5.41) is 19.5. The number of fused-ring (bicyclic) bond motifs is 3. The minimum atomic E-state index is -0.944. The molecule has 0 amide bonds. The maximum absolute atomic E-state index is 10.8. The van der Waals surface area contributed by atoms with E-state index in [0.29, 0.717) is 6.54 Å². The largest absolute Gasteiger partial charge is 0.478 e. The third-order valence-electron chi connectivity index (χ3n) is 4.28. The van der Waals surface area contributed by atoms with Crippen LogP contribution in [0.25, 0.3) is 0 Å². The van der Waals surface area contributed by atoms with Gasteiger partial charge in [-0.15, -0.1) is 0 Å². The summed E-state index contributed by atoms with van der Waals surface area (Å²) in [5.74, 6) is 5.32. The van der Waals surface area contributed by atoms with Crippen LogP contribution in [0.5, 0.6) is 0 Å². The molecule has 0 radical (unpaired) electrons. The van der Waals surface area contributed by atoms with Crippen molar-refractivity contribution in [3.63, 3.8) is 0 Å². The van der Waals surface area contributed by atoms with Gasteiger partial charge in [0.05, 0.1) is 5.56 Å². The van der Waals surface area contributed by atoms with Crippen LogP contribution in [0.4, 0.5) is 0 Å². The molecular formula is C16H17NO3. The summed E-state index contributed by atoms with van der Waals surface area (Å²) in [6.07, 6.45) is 2.01. The highest BCUT2D eigenvalue weighted by atomic mass is 16.4. The molecule has 3 aliphatic heterocycles. The normalized spacial score (nSPS) is 31.4. The SMILES string of the molecule is O=C(O)c1ccc(C#CC2(O)CN3CCC2CC3)cc1. The smallest absolute Gasteiger partial charge is 0.335 e. The van der Waals surface area contributed by atoms with E-state index in [0.717, 1.165) is 31.5 Å². The van der Waals surface area contributed by atoms with E-state index < -0.39 is 11.6 Å². The Morgan fingerprint density at radius 2 is 1.90 bits per heavy atom. The highest BCUT2D eigenvalue weighted by Gasteiger charge is 2.44. The molecule has 3 aliphatic rings. The van der Waals surface area contributed by atoms with Crippen molar-refractivity contribution in [1.29, 1.82) is 0 Å². The molecule has 104 valence electrons. The Morgan fingerprint density at radius 1 is 1.25 bits per heavy atom. The van der Waals surface area contributed by atoms with E-state index in [-0.39, 0.29) is 11.5 Å². The number of aliphatic hydroxyl groups is 1. The van der Waals surface area contributed by atoms with Crippen molar-refractivity contribution in [1.82, 2.24) is 4.90 Å². The summed E-state index contributed by atoms with van der Waals surface area (Å²) in [6, 6.07) is 6.43. The lowest BCUT2D eigenvalue weighted by Gasteiger charge is -2.47. The average Bonchev–Trinajstić information content (AvgIpc) is 2.47. The number of benzene rings is 1. The van der Waals surface area contributed by atoms with E-state index in [1.54, 1.807) is 12.1 Å². The van der Waals surface area contributed by atoms with Crippen LogP contribution in [0.3, 0.4) is 0 Å². The molecule has 3 saturated heterocycles. The lowest BCUT2D eigenvalue weighted by atomic mass is 9.76. The summed E-state index contributed by atoms with van der Waals surface area (Å²) in [7, 11) is 0. The predicted molar refractivity (Wildman–Crippen MR) is 74.4 cm³/mol. The van der Waals surface area contributed by atoms with Gasteiger partial charge in [-0.2, -0.15) is 0 Å². The van der Waals surface area contributed by atoms with Gasteiger partial charge in [0.25, 0.3) is 0 Å². The van der Waals surface area contributed by atoms with E-state index in [2.05, 4.69) is 16.7 Å². The first-order valence-corrected chi connectivity index (χ1v) is 6.88. The van der Waals surface area contributed by atoms with Crippen molar-refractivity contribution in [2.24, 2.45) is 5.92 Å². The first kappa shape index (κ1) is 13.2. The molecule has 3 fully saturated rings. The van der Waals surface area contributed by atoms with Gasteiger partial charge in [-0.1, -0.05) is 11.8 Å². The average molecular weight is 271 g/mol. The fourth-order valence-corrected chi connectivity index (χ4v) is 3.06. The number of carbonyl (C=O) groups is 1. The number of carboxylic acids is 1. The van der Waals surface area contributed by atoms with Crippen LogP contribution in [0.2, 0.25) is 0 Å². The number of hydrogen-bond donors (Lipinski definition) is 2. The third-order valence-corrected chi connectivity index (χ3v) is 4.28. The Hall–Kier alpha value is -1.83. The molecule has 1 atom stereocenters. The van der Waals surface area contributed by atoms with Gasteiger partial charge >= 0.3 is 5.97 Å². The predicted octanol–water partition coefficient (Wildman–Crippen LogP) is 1.19. The van der Waals surface area contributed by atoms with Crippen LogP contribution in [0, 0.1) is 17.8 Å². The zero-order valence-corrected chi connectivity index (χ0v) is 11.2. The molecule has 4 rings (SSSR count). The van der Waals surface area contributed by atoms with Crippen LogP contribution >= 0.6 is 0 Å². The van der Waals surface area contributed by atoms with Gasteiger partial charge < -0.3 is 10.2 Å². The molecule has 20 heavy (non-hydrogen) atoms. The second-order valence-corrected chi connectivity index (χ2v) is 5.61. The number of nitrogens with zero attached hydrogens (tertiary/aromatic N) is 1. The van der Waals surface area contributed by atoms with E-state index in [1.807, 2.05) is 0 Å². The summed E-state index contributed by atoms with van der Waals surface area (Å²) in [6.45, 7) is 2.74. The highest BCUT2D eigenvalue weighted by Crippen LogP contribution is 2.35. The Morgan fingerprint density at radius 3 is 2.40 bits per heavy atom. The van der Waals surface area contributed by atoms with Gasteiger partial charge in [-0.05, 0) is 50.2 Å². The molecule has 1 unspecified atom stereocenters. The molecule has 0 aliphatic carbocycles.